The van der Waals surface area contributed by atoms with Crippen LogP contribution in [0.2, 0.25) is 0 Å². The third-order valence-corrected chi connectivity index (χ3v) is 4.92. The van der Waals surface area contributed by atoms with E-state index in [1.165, 1.54) is 44.9 Å². The molecule has 3 aliphatic rings. The molecule has 0 aromatic carbocycles. The summed E-state index contributed by atoms with van der Waals surface area (Å²) in [6.45, 7) is 3.38. The lowest BCUT2D eigenvalue weighted by Crippen LogP contribution is -2.39. The molecule has 3 rings (SSSR count). The molecule has 2 aliphatic heterocycles. The van der Waals surface area contributed by atoms with Gasteiger partial charge in [-0.3, -0.25) is 4.99 Å². The van der Waals surface area contributed by atoms with Gasteiger partial charge in [0.05, 0.1) is 13.2 Å². The standard InChI is InChI=1S/C16H29N3O2/c17-15(19-10-6-1-2-7-11-19)18-12-14-13-20-16(21-14)8-4-3-5-9-16/h14H,1-13H2,(H2,17,18). The molecular weight excluding hydrogens is 266 g/mol. The highest BCUT2D eigenvalue weighted by Crippen LogP contribution is 2.37. The van der Waals surface area contributed by atoms with Crippen LogP contribution in [0.15, 0.2) is 4.99 Å². The predicted octanol–water partition coefficient (Wildman–Crippen LogP) is 2.25. The molecule has 0 aromatic heterocycles. The number of ether oxygens (including phenoxy) is 2. The summed E-state index contributed by atoms with van der Waals surface area (Å²) in [6.07, 6.45) is 11.0. The van der Waals surface area contributed by atoms with Gasteiger partial charge in [-0.2, -0.15) is 0 Å². The summed E-state index contributed by atoms with van der Waals surface area (Å²) >= 11 is 0. The van der Waals surface area contributed by atoms with Gasteiger partial charge in [0.15, 0.2) is 11.7 Å². The van der Waals surface area contributed by atoms with Crippen molar-refractivity contribution in [2.45, 2.75) is 69.7 Å². The molecule has 21 heavy (non-hydrogen) atoms. The zero-order chi connectivity index (χ0) is 14.5. The third-order valence-electron chi connectivity index (χ3n) is 4.92. The monoisotopic (exact) mass is 295 g/mol. The zero-order valence-electron chi connectivity index (χ0n) is 13.1. The molecule has 1 atom stereocenters. The number of nitrogens with zero attached hydrogens (tertiary/aromatic N) is 2. The van der Waals surface area contributed by atoms with E-state index < -0.39 is 0 Å². The van der Waals surface area contributed by atoms with Crippen molar-refractivity contribution in [3.05, 3.63) is 0 Å². The van der Waals surface area contributed by atoms with Crippen molar-refractivity contribution in [2.75, 3.05) is 26.2 Å². The van der Waals surface area contributed by atoms with Crippen molar-refractivity contribution in [1.29, 1.82) is 0 Å². The molecule has 1 aliphatic carbocycles. The highest BCUT2D eigenvalue weighted by atomic mass is 16.7. The number of hydrogen-bond donors (Lipinski definition) is 1. The fraction of sp³-hybridized carbons (Fsp3) is 0.938. The summed E-state index contributed by atoms with van der Waals surface area (Å²) < 4.78 is 12.1. The van der Waals surface area contributed by atoms with Crippen LogP contribution in [-0.4, -0.2) is 49.0 Å². The minimum absolute atomic E-state index is 0.0774. The van der Waals surface area contributed by atoms with E-state index in [9.17, 15) is 0 Å². The van der Waals surface area contributed by atoms with E-state index in [0.29, 0.717) is 19.1 Å². The molecule has 1 spiro atoms. The molecule has 5 nitrogen and oxygen atoms in total. The SMILES string of the molecule is NC(=NCC1COC2(CCCCC2)O1)N1CCCCCC1. The maximum absolute atomic E-state index is 6.15. The first kappa shape index (κ1) is 15.1. The summed E-state index contributed by atoms with van der Waals surface area (Å²) in [4.78, 5) is 6.79. The summed E-state index contributed by atoms with van der Waals surface area (Å²) in [5.74, 6) is 0.389. The van der Waals surface area contributed by atoms with E-state index >= 15 is 0 Å². The summed E-state index contributed by atoms with van der Waals surface area (Å²) in [7, 11) is 0. The van der Waals surface area contributed by atoms with Gasteiger partial charge < -0.3 is 20.1 Å². The molecule has 0 radical (unpaired) electrons. The Bertz CT molecular complexity index is 359. The number of guanidine groups is 1. The number of aliphatic imine (C=N–C) groups is 1. The van der Waals surface area contributed by atoms with Crippen molar-refractivity contribution in [3.8, 4) is 0 Å². The van der Waals surface area contributed by atoms with Crippen LogP contribution in [0.5, 0.6) is 0 Å². The minimum atomic E-state index is -0.296. The average molecular weight is 295 g/mol. The molecule has 0 aromatic rings. The van der Waals surface area contributed by atoms with Crippen LogP contribution in [0.4, 0.5) is 0 Å². The molecule has 3 fully saturated rings. The highest BCUT2D eigenvalue weighted by Gasteiger charge is 2.42. The molecule has 2 saturated heterocycles. The first-order valence-electron chi connectivity index (χ1n) is 8.64. The van der Waals surface area contributed by atoms with E-state index in [-0.39, 0.29) is 11.9 Å². The molecule has 1 saturated carbocycles. The average Bonchev–Trinajstić information content (AvgIpc) is 2.74. The van der Waals surface area contributed by atoms with Crippen LogP contribution in [0, 0.1) is 0 Å². The third kappa shape index (κ3) is 3.89. The van der Waals surface area contributed by atoms with Gasteiger partial charge in [0.2, 0.25) is 0 Å². The lowest BCUT2D eigenvalue weighted by atomic mass is 9.94. The topological polar surface area (TPSA) is 60.1 Å². The Morgan fingerprint density at radius 3 is 2.43 bits per heavy atom. The van der Waals surface area contributed by atoms with Gasteiger partial charge in [0.25, 0.3) is 0 Å². The van der Waals surface area contributed by atoms with E-state index in [1.807, 2.05) is 0 Å². The van der Waals surface area contributed by atoms with Crippen LogP contribution in [-0.2, 0) is 9.47 Å². The molecule has 0 bridgehead atoms. The fourth-order valence-corrected chi connectivity index (χ4v) is 3.65. The summed E-state index contributed by atoms with van der Waals surface area (Å²) in [6, 6.07) is 0. The van der Waals surface area contributed by atoms with Crippen molar-refractivity contribution in [1.82, 2.24) is 4.90 Å². The number of nitrogens with two attached hydrogens (primary N) is 1. The fourth-order valence-electron chi connectivity index (χ4n) is 3.65. The van der Waals surface area contributed by atoms with Gasteiger partial charge in [0, 0.05) is 25.9 Å². The van der Waals surface area contributed by atoms with Crippen molar-refractivity contribution in [3.63, 3.8) is 0 Å². The molecule has 2 N–H and O–H groups in total. The molecule has 2 heterocycles. The van der Waals surface area contributed by atoms with E-state index in [1.54, 1.807) is 0 Å². The van der Waals surface area contributed by atoms with Crippen LogP contribution in [0.1, 0.15) is 57.8 Å². The van der Waals surface area contributed by atoms with Gasteiger partial charge in [-0.1, -0.05) is 19.3 Å². The molecular formula is C16H29N3O2. The van der Waals surface area contributed by atoms with Crippen LogP contribution in [0.3, 0.4) is 0 Å². The molecule has 120 valence electrons. The Balaban J connectivity index is 1.49. The first-order valence-corrected chi connectivity index (χ1v) is 8.64. The van der Waals surface area contributed by atoms with Crippen molar-refractivity contribution >= 4 is 5.96 Å². The summed E-state index contributed by atoms with van der Waals surface area (Å²) in [5, 5.41) is 0. The first-order chi connectivity index (χ1) is 10.3. The van der Waals surface area contributed by atoms with Gasteiger partial charge in [-0.15, -0.1) is 0 Å². The van der Waals surface area contributed by atoms with E-state index in [2.05, 4.69) is 9.89 Å². The lowest BCUT2D eigenvalue weighted by Gasteiger charge is -2.31. The Morgan fingerprint density at radius 2 is 1.71 bits per heavy atom. The Labute approximate surface area is 127 Å². The second-order valence-corrected chi connectivity index (χ2v) is 6.62. The van der Waals surface area contributed by atoms with Crippen LogP contribution < -0.4 is 5.73 Å². The lowest BCUT2D eigenvalue weighted by molar-refractivity contribution is -0.186. The van der Waals surface area contributed by atoms with Crippen LogP contribution in [0.25, 0.3) is 0 Å². The maximum Gasteiger partial charge on any atom is 0.191 e. The van der Waals surface area contributed by atoms with Gasteiger partial charge >= 0.3 is 0 Å². The normalized spacial score (nSPS) is 30.6. The maximum atomic E-state index is 6.15. The minimum Gasteiger partial charge on any atom is -0.370 e. The highest BCUT2D eigenvalue weighted by molar-refractivity contribution is 5.78. The largest absolute Gasteiger partial charge is 0.370 e. The zero-order valence-corrected chi connectivity index (χ0v) is 13.1. The Hall–Kier alpha value is -0.810. The molecule has 0 amide bonds. The van der Waals surface area contributed by atoms with E-state index in [4.69, 9.17) is 15.2 Å². The molecule has 5 heteroatoms. The van der Waals surface area contributed by atoms with Gasteiger partial charge in [-0.25, -0.2) is 0 Å². The van der Waals surface area contributed by atoms with Crippen molar-refractivity contribution in [2.24, 2.45) is 10.7 Å². The second kappa shape index (κ2) is 6.97. The number of hydrogen-bond acceptors (Lipinski definition) is 3. The van der Waals surface area contributed by atoms with Crippen molar-refractivity contribution < 1.29 is 9.47 Å². The van der Waals surface area contributed by atoms with Gasteiger partial charge in [0.1, 0.15) is 6.10 Å². The number of likely N-dealkylation sites (tertiary alicyclic amines) is 1. The quantitative estimate of drug-likeness (QED) is 0.627. The summed E-state index contributed by atoms with van der Waals surface area (Å²) in [5.41, 5.74) is 6.15. The van der Waals surface area contributed by atoms with E-state index in [0.717, 1.165) is 25.9 Å². The van der Waals surface area contributed by atoms with Crippen LogP contribution >= 0.6 is 0 Å². The smallest absolute Gasteiger partial charge is 0.191 e. The van der Waals surface area contributed by atoms with Gasteiger partial charge in [-0.05, 0) is 25.7 Å². The number of rotatable bonds is 2. The predicted molar refractivity (Wildman–Crippen MR) is 83.2 cm³/mol. The Morgan fingerprint density at radius 1 is 1.05 bits per heavy atom. The Kier molecular flexibility index (Phi) is 5.01. The molecule has 1 unspecified atom stereocenters. The second-order valence-electron chi connectivity index (χ2n) is 6.62.